The molecule has 4 heteroatoms. The lowest BCUT2D eigenvalue weighted by atomic mass is 10.0. The minimum absolute atomic E-state index is 0.0694. The van der Waals surface area contributed by atoms with Gasteiger partial charge in [0, 0.05) is 6.04 Å². The van der Waals surface area contributed by atoms with E-state index in [-0.39, 0.29) is 6.04 Å². The number of aryl methyl sites for hydroxylation is 2. The lowest BCUT2D eigenvalue weighted by Gasteiger charge is -2.20. The average Bonchev–Trinajstić information content (AvgIpc) is 2.93. The average molecular weight is 277 g/mol. The van der Waals surface area contributed by atoms with E-state index in [2.05, 4.69) is 16.9 Å². The zero-order chi connectivity index (χ0) is 13.6. The predicted molar refractivity (Wildman–Crippen MR) is 75.4 cm³/mol. The molecule has 3 unspecified atom stereocenters. The van der Waals surface area contributed by atoms with Gasteiger partial charge in [-0.1, -0.05) is 24.3 Å². The maximum absolute atomic E-state index is 12.5. The second kappa shape index (κ2) is 4.46. The molecule has 1 N–H and O–H groups in total. The van der Waals surface area contributed by atoms with E-state index in [1.807, 2.05) is 26.0 Å². The van der Waals surface area contributed by atoms with Crippen LogP contribution in [0.3, 0.4) is 0 Å². The summed E-state index contributed by atoms with van der Waals surface area (Å²) in [6.45, 7) is 3.76. The molecule has 102 valence electrons. The first-order valence-electron chi connectivity index (χ1n) is 6.73. The smallest absolute Gasteiger partial charge is 0.207 e. The highest BCUT2D eigenvalue weighted by molar-refractivity contribution is 7.89. The maximum atomic E-state index is 12.5. The minimum Gasteiger partial charge on any atom is -0.207 e. The van der Waals surface area contributed by atoms with Crippen LogP contribution >= 0.6 is 0 Å². The van der Waals surface area contributed by atoms with Crippen LogP contribution in [0.2, 0.25) is 0 Å². The van der Waals surface area contributed by atoms with Gasteiger partial charge in [0.05, 0.1) is 4.90 Å². The Bertz CT molecular complexity index is 634. The van der Waals surface area contributed by atoms with Gasteiger partial charge in [-0.15, -0.1) is 0 Å². The third kappa shape index (κ3) is 2.35. The molecule has 0 spiro atoms. The molecule has 1 aromatic rings. The summed E-state index contributed by atoms with van der Waals surface area (Å²) in [6.07, 6.45) is 6.41. The Labute approximate surface area is 114 Å². The molecule has 19 heavy (non-hydrogen) atoms. The van der Waals surface area contributed by atoms with Crippen molar-refractivity contribution < 1.29 is 8.42 Å². The van der Waals surface area contributed by atoms with Gasteiger partial charge in [0.15, 0.2) is 0 Å². The van der Waals surface area contributed by atoms with Gasteiger partial charge in [0.25, 0.3) is 0 Å². The Morgan fingerprint density at radius 3 is 2.58 bits per heavy atom. The minimum atomic E-state index is -3.40. The number of sulfonamides is 1. The van der Waals surface area contributed by atoms with Crippen LogP contribution in [-0.4, -0.2) is 14.5 Å². The number of rotatable bonds is 3. The van der Waals surface area contributed by atoms with Gasteiger partial charge in [0.2, 0.25) is 10.0 Å². The summed E-state index contributed by atoms with van der Waals surface area (Å²) in [7, 11) is -3.40. The summed E-state index contributed by atoms with van der Waals surface area (Å²) in [5, 5.41) is 0. The van der Waals surface area contributed by atoms with Crippen LogP contribution < -0.4 is 4.72 Å². The molecule has 0 radical (unpaired) electrons. The first-order valence-corrected chi connectivity index (χ1v) is 8.22. The van der Waals surface area contributed by atoms with Crippen molar-refractivity contribution in [1.82, 2.24) is 4.72 Å². The van der Waals surface area contributed by atoms with Crippen molar-refractivity contribution in [3.63, 3.8) is 0 Å². The highest BCUT2D eigenvalue weighted by Crippen LogP contribution is 2.39. The van der Waals surface area contributed by atoms with Crippen molar-refractivity contribution >= 4 is 10.0 Å². The van der Waals surface area contributed by atoms with Gasteiger partial charge in [-0.3, -0.25) is 0 Å². The Hall–Kier alpha value is -1.13. The topological polar surface area (TPSA) is 46.2 Å². The third-order valence-electron chi connectivity index (χ3n) is 4.22. The first kappa shape index (κ1) is 12.9. The molecule has 1 fully saturated rings. The van der Waals surface area contributed by atoms with E-state index in [1.54, 1.807) is 6.07 Å². The fourth-order valence-electron chi connectivity index (χ4n) is 3.18. The molecule has 2 aliphatic rings. The summed E-state index contributed by atoms with van der Waals surface area (Å²) in [5.41, 5.74) is 1.77. The first-order chi connectivity index (χ1) is 8.95. The van der Waals surface area contributed by atoms with Gasteiger partial charge in [-0.05, 0) is 55.7 Å². The fourth-order valence-corrected chi connectivity index (χ4v) is 4.81. The van der Waals surface area contributed by atoms with E-state index in [0.29, 0.717) is 16.7 Å². The standard InChI is InChI=1S/C15H19NO2S/c1-10-3-4-11(2)15(7-10)19(17,18)16-14-9-12-5-6-13(14)8-12/h3-7,12-14,16H,8-9H2,1-2H3. The number of fused-ring (bicyclic) bond motifs is 2. The second-order valence-corrected chi connectivity index (χ2v) is 7.46. The zero-order valence-electron chi connectivity index (χ0n) is 11.3. The van der Waals surface area contributed by atoms with E-state index in [0.717, 1.165) is 24.0 Å². The molecule has 3 atom stereocenters. The second-order valence-electron chi connectivity index (χ2n) is 5.78. The highest BCUT2D eigenvalue weighted by atomic mass is 32.2. The van der Waals surface area contributed by atoms with Crippen molar-refractivity contribution in [3.05, 3.63) is 41.5 Å². The monoisotopic (exact) mass is 277 g/mol. The summed E-state index contributed by atoms with van der Waals surface area (Å²) in [6, 6.07) is 5.62. The van der Waals surface area contributed by atoms with Crippen molar-refractivity contribution in [2.24, 2.45) is 11.8 Å². The highest BCUT2D eigenvalue weighted by Gasteiger charge is 2.38. The van der Waals surface area contributed by atoms with Crippen LogP contribution in [0, 0.1) is 25.7 Å². The van der Waals surface area contributed by atoms with Crippen LogP contribution in [-0.2, 0) is 10.0 Å². The largest absolute Gasteiger partial charge is 0.241 e. The van der Waals surface area contributed by atoms with Gasteiger partial charge in [0.1, 0.15) is 0 Å². The van der Waals surface area contributed by atoms with Crippen LogP contribution in [0.4, 0.5) is 0 Å². The molecule has 3 rings (SSSR count). The van der Waals surface area contributed by atoms with E-state index in [9.17, 15) is 8.42 Å². The van der Waals surface area contributed by atoms with E-state index in [1.165, 1.54) is 0 Å². The molecule has 1 saturated carbocycles. The van der Waals surface area contributed by atoms with Crippen molar-refractivity contribution in [2.75, 3.05) is 0 Å². The van der Waals surface area contributed by atoms with E-state index >= 15 is 0 Å². The molecule has 0 aromatic heterocycles. The van der Waals surface area contributed by atoms with Crippen LogP contribution in [0.25, 0.3) is 0 Å². The van der Waals surface area contributed by atoms with Gasteiger partial charge < -0.3 is 0 Å². The Morgan fingerprint density at radius 1 is 1.16 bits per heavy atom. The van der Waals surface area contributed by atoms with E-state index < -0.39 is 10.0 Å². The maximum Gasteiger partial charge on any atom is 0.241 e. The Morgan fingerprint density at radius 2 is 1.95 bits per heavy atom. The lowest BCUT2D eigenvalue weighted by Crippen LogP contribution is -2.37. The van der Waals surface area contributed by atoms with Crippen molar-refractivity contribution in [2.45, 2.75) is 37.6 Å². The predicted octanol–water partition coefficient (Wildman–Crippen LogP) is 2.55. The zero-order valence-corrected chi connectivity index (χ0v) is 12.1. The number of hydrogen-bond donors (Lipinski definition) is 1. The molecular formula is C15H19NO2S. The third-order valence-corrected chi connectivity index (χ3v) is 5.85. The summed E-state index contributed by atoms with van der Waals surface area (Å²) < 4.78 is 27.9. The molecule has 0 heterocycles. The summed E-state index contributed by atoms with van der Waals surface area (Å²) in [4.78, 5) is 0.416. The number of allylic oxidation sites excluding steroid dienone is 1. The van der Waals surface area contributed by atoms with Crippen molar-refractivity contribution in [1.29, 1.82) is 0 Å². The molecule has 2 bridgehead atoms. The number of benzene rings is 1. The fraction of sp³-hybridized carbons (Fsp3) is 0.467. The SMILES string of the molecule is Cc1ccc(C)c(S(=O)(=O)NC2CC3C=CC2C3)c1. The van der Waals surface area contributed by atoms with Crippen LogP contribution in [0.15, 0.2) is 35.2 Å². The van der Waals surface area contributed by atoms with Gasteiger partial charge >= 0.3 is 0 Å². The van der Waals surface area contributed by atoms with Crippen LogP contribution in [0.1, 0.15) is 24.0 Å². The molecule has 0 amide bonds. The number of nitrogens with one attached hydrogen (secondary N) is 1. The Balaban J connectivity index is 1.87. The van der Waals surface area contributed by atoms with Crippen LogP contribution in [0.5, 0.6) is 0 Å². The molecule has 2 aliphatic carbocycles. The number of hydrogen-bond acceptors (Lipinski definition) is 2. The van der Waals surface area contributed by atoms with E-state index in [4.69, 9.17) is 0 Å². The molecular weight excluding hydrogens is 258 g/mol. The summed E-state index contributed by atoms with van der Waals surface area (Å²) in [5.74, 6) is 0.946. The Kier molecular flexibility index (Phi) is 3.02. The van der Waals surface area contributed by atoms with Gasteiger partial charge in [-0.2, -0.15) is 0 Å². The summed E-state index contributed by atoms with van der Waals surface area (Å²) >= 11 is 0. The molecule has 0 aliphatic heterocycles. The van der Waals surface area contributed by atoms with Crippen molar-refractivity contribution in [3.8, 4) is 0 Å². The molecule has 1 aromatic carbocycles. The lowest BCUT2D eigenvalue weighted by molar-refractivity contribution is 0.503. The normalized spacial score (nSPS) is 29.1. The molecule has 0 saturated heterocycles. The van der Waals surface area contributed by atoms with Gasteiger partial charge in [-0.25, -0.2) is 13.1 Å². The molecule has 3 nitrogen and oxygen atoms in total. The quantitative estimate of drug-likeness (QED) is 0.863.